The number of carbonyl (C=O) groups excluding carboxylic acids is 1. The summed E-state index contributed by atoms with van der Waals surface area (Å²) in [4.78, 5) is 18.1. The number of nitrogens with two attached hydrogens (primary N) is 1. The Morgan fingerprint density at radius 1 is 1.38 bits per heavy atom. The molecule has 1 saturated heterocycles. The second-order valence-corrected chi connectivity index (χ2v) is 5.92. The maximum absolute atomic E-state index is 11.8. The van der Waals surface area contributed by atoms with Crippen LogP contribution in [0.3, 0.4) is 0 Å². The average molecular weight is 410 g/mol. The van der Waals surface area contributed by atoms with E-state index in [0.717, 1.165) is 45.3 Å². The summed E-state index contributed by atoms with van der Waals surface area (Å²) < 4.78 is 0. The number of aliphatic imine (C=N–C) groups is 1. The summed E-state index contributed by atoms with van der Waals surface area (Å²) in [5, 5.41) is 3.12. The first-order valence-electron chi connectivity index (χ1n) is 7.91. The molecule has 0 unspecified atom stereocenters. The molecule has 0 aromatic rings. The van der Waals surface area contributed by atoms with E-state index in [0.29, 0.717) is 30.8 Å². The molecule has 124 valence electrons. The van der Waals surface area contributed by atoms with Crippen molar-refractivity contribution in [2.75, 3.05) is 26.2 Å². The second-order valence-electron chi connectivity index (χ2n) is 5.92. The second kappa shape index (κ2) is 12.1. The summed E-state index contributed by atoms with van der Waals surface area (Å²) in [6, 6.07) is 0. The maximum Gasteiger partial charge on any atom is 0.222 e. The van der Waals surface area contributed by atoms with E-state index in [-0.39, 0.29) is 24.0 Å². The van der Waals surface area contributed by atoms with E-state index in [4.69, 9.17) is 5.73 Å². The quantitative estimate of drug-likeness (QED) is 0.293. The molecule has 0 radical (unpaired) electrons. The van der Waals surface area contributed by atoms with Gasteiger partial charge >= 0.3 is 0 Å². The Morgan fingerprint density at radius 2 is 2.14 bits per heavy atom. The van der Waals surface area contributed by atoms with Crippen LogP contribution in [0.1, 0.15) is 52.4 Å². The fourth-order valence-electron chi connectivity index (χ4n) is 2.28. The SMILES string of the molecule is CC(C)CCNC(N)=NCCCN1CCCCCC1=O.I. The molecule has 1 fully saturated rings. The minimum Gasteiger partial charge on any atom is -0.370 e. The smallest absolute Gasteiger partial charge is 0.222 e. The lowest BCUT2D eigenvalue weighted by atomic mass is 10.1. The summed E-state index contributed by atoms with van der Waals surface area (Å²) in [6.07, 6.45) is 6.04. The van der Waals surface area contributed by atoms with Crippen LogP contribution in [0.5, 0.6) is 0 Å². The third-order valence-corrected chi connectivity index (χ3v) is 3.57. The molecule has 0 aromatic heterocycles. The molecule has 3 N–H and O–H groups in total. The van der Waals surface area contributed by atoms with Gasteiger partial charge in [0.25, 0.3) is 0 Å². The molecule has 0 spiro atoms. The third-order valence-electron chi connectivity index (χ3n) is 3.57. The summed E-state index contributed by atoms with van der Waals surface area (Å²) in [5.74, 6) is 1.49. The topological polar surface area (TPSA) is 70.7 Å². The van der Waals surface area contributed by atoms with Crippen LogP contribution in [0.15, 0.2) is 4.99 Å². The highest BCUT2D eigenvalue weighted by Gasteiger charge is 2.15. The predicted molar refractivity (Wildman–Crippen MR) is 99.0 cm³/mol. The number of nitrogens with zero attached hydrogens (tertiary/aromatic N) is 2. The van der Waals surface area contributed by atoms with Gasteiger partial charge in [0.15, 0.2) is 5.96 Å². The molecule has 1 aliphatic heterocycles. The highest BCUT2D eigenvalue weighted by atomic mass is 127. The number of amides is 1. The highest BCUT2D eigenvalue weighted by molar-refractivity contribution is 14.0. The molecular formula is C15H31IN4O. The monoisotopic (exact) mass is 410 g/mol. The van der Waals surface area contributed by atoms with Crippen LogP contribution in [-0.4, -0.2) is 42.9 Å². The van der Waals surface area contributed by atoms with Crippen LogP contribution < -0.4 is 11.1 Å². The number of guanidine groups is 1. The van der Waals surface area contributed by atoms with Crippen LogP contribution in [0.2, 0.25) is 0 Å². The maximum atomic E-state index is 11.8. The average Bonchev–Trinajstić information content (AvgIpc) is 2.59. The Balaban J connectivity index is 0.00000400. The van der Waals surface area contributed by atoms with Gasteiger partial charge < -0.3 is 16.0 Å². The lowest BCUT2D eigenvalue weighted by molar-refractivity contribution is -0.130. The zero-order valence-electron chi connectivity index (χ0n) is 13.4. The van der Waals surface area contributed by atoms with Crippen molar-refractivity contribution in [3.8, 4) is 0 Å². The van der Waals surface area contributed by atoms with Gasteiger partial charge in [-0.1, -0.05) is 20.3 Å². The summed E-state index contributed by atoms with van der Waals surface area (Å²) in [5.41, 5.74) is 5.79. The van der Waals surface area contributed by atoms with Crippen molar-refractivity contribution < 1.29 is 4.79 Å². The van der Waals surface area contributed by atoms with E-state index in [2.05, 4.69) is 24.2 Å². The number of rotatable bonds is 7. The molecule has 1 amide bonds. The van der Waals surface area contributed by atoms with Crippen molar-refractivity contribution in [1.82, 2.24) is 10.2 Å². The van der Waals surface area contributed by atoms with Gasteiger partial charge in [0.1, 0.15) is 0 Å². The van der Waals surface area contributed by atoms with E-state index in [1.807, 2.05) is 4.90 Å². The summed E-state index contributed by atoms with van der Waals surface area (Å²) >= 11 is 0. The number of nitrogens with one attached hydrogen (secondary N) is 1. The number of hydrogen-bond donors (Lipinski definition) is 2. The summed E-state index contributed by atoms with van der Waals surface area (Å²) in [6.45, 7) is 7.65. The van der Waals surface area contributed by atoms with Crippen LogP contribution in [0.25, 0.3) is 0 Å². The fourth-order valence-corrected chi connectivity index (χ4v) is 2.28. The van der Waals surface area contributed by atoms with Crippen molar-refractivity contribution in [1.29, 1.82) is 0 Å². The Bertz CT molecular complexity index is 321. The largest absolute Gasteiger partial charge is 0.370 e. The third kappa shape index (κ3) is 9.92. The van der Waals surface area contributed by atoms with Gasteiger partial charge in [-0.05, 0) is 31.6 Å². The highest BCUT2D eigenvalue weighted by Crippen LogP contribution is 2.11. The summed E-state index contributed by atoms with van der Waals surface area (Å²) in [7, 11) is 0. The molecule has 1 heterocycles. The Kier molecular flexibility index (Phi) is 11.8. The van der Waals surface area contributed by atoms with E-state index in [9.17, 15) is 4.79 Å². The predicted octanol–water partition coefficient (Wildman–Crippen LogP) is 2.35. The minimum atomic E-state index is 0. The standard InChI is InChI=1S/C15H30N4O.HI/c1-13(2)8-10-18-15(16)17-9-6-12-19-11-5-3-4-7-14(19)20;/h13H,3-12H2,1-2H3,(H3,16,17,18);1H. The van der Waals surface area contributed by atoms with Crippen molar-refractivity contribution in [3.63, 3.8) is 0 Å². The normalized spacial score (nSPS) is 16.6. The van der Waals surface area contributed by atoms with Crippen molar-refractivity contribution >= 4 is 35.8 Å². The van der Waals surface area contributed by atoms with Gasteiger partial charge in [-0.15, -0.1) is 24.0 Å². The lowest BCUT2D eigenvalue weighted by Gasteiger charge is -2.19. The Hall–Kier alpha value is -0.530. The van der Waals surface area contributed by atoms with E-state index < -0.39 is 0 Å². The van der Waals surface area contributed by atoms with Crippen LogP contribution in [0, 0.1) is 5.92 Å². The van der Waals surface area contributed by atoms with Crippen LogP contribution >= 0.6 is 24.0 Å². The molecule has 1 rings (SSSR count). The first-order valence-corrected chi connectivity index (χ1v) is 7.91. The molecule has 6 heteroatoms. The molecular weight excluding hydrogens is 379 g/mol. The van der Waals surface area contributed by atoms with Gasteiger partial charge in [-0.2, -0.15) is 0 Å². The van der Waals surface area contributed by atoms with Gasteiger partial charge in [-0.25, -0.2) is 0 Å². The fraction of sp³-hybridized carbons (Fsp3) is 0.867. The van der Waals surface area contributed by atoms with Crippen molar-refractivity contribution in [2.24, 2.45) is 16.6 Å². The number of carbonyl (C=O) groups is 1. The zero-order valence-corrected chi connectivity index (χ0v) is 15.8. The molecule has 0 saturated carbocycles. The lowest BCUT2D eigenvalue weighted by Crippen LogP contribution is -2.34. The minimum absolute atomic E-state index is 0. The number of halogens is 1. The molecule has 0 aromatic carbocycles. The first kappa shape index (κ1) is 20.5. The Labute approximate surface area is 146 Å². The van der Waals surface area contributed by atoms with E-state index >= 15 is 0 Å². The van der Waals surface area contributed by atoms with Crippen LogP contribution in [-0.2, 0) is 4.79 Å². The van der Waals surface area contributed by atoms with Crippen molar-refractivity contribution in [3.05, 3.63) is 0 Å². The van der Waals surface area contributed by atoms with E-state index in [1.165, 1.54) is 6.42 Å². The van der Waals surface area contributed by atoms with E-state index in [1.54, 1.807) is 0 Å². The first-order chi connectivity index (χ1) is 9.59. The van der Waals surface area contributed by atoms with Gasteiger partial charge in [0, 0.05) is 32.6 Å². The molecule has 0 aliphatic carbocycles. The van der Waals surface area contributed by atoms with Crippen molar-refractivity contribution in [2.45, 2.75) is 52.4 Å². The van der Waals surface area contributed by atoms with Crippen LogP contribution in [0.4, 0.5) is 0 Å². The number of hydrogen-bond acceptors (Lipinski definition) is 2. The molecule has 5 nitrogen and oxygen atoms in total. The molecule has 1 aliphatic rings. The molecule has 0 atom stereocenters. The van der Waals surface area contributed by atoms with Gasteiger partial charge in [0.05, 0.1) is 0 Å². The van der Waals surface area contributed by atoms with Gasteiger partial charge in [-0.3, -0.25) is 9.79 Å². The molecule has 0 bridgehead atoms. The van der Waals surface area contributed by atoms with Gasteiger partial charge in [0.2, 0.25) is 5.91 Å². The zero-order chi connectivity index (χ0) is 14.8. The molecule has 21 heavy (non-hydrogen) atoms. The number of likely N-dealkylation sites (tertiary alicyclic amines) is 1. The Morgan fingerprint density at radius 3 is 2.86 bits per heavy atom.